The predicted molar refractivity (Wildman–Crippen MR) is 58.8 cm³/mol. The molecule has 0 N–H and O–H groups in total. The van der Waals surface area contributed by atoms with Crippen molar-refractivity contribution in [3.63, 3.8) is 0 Å². The second kappa shape index (κ2) is 4.04. The number of nitro benzene ring substituents is 1. The van der Waals surface area contributed by atoms with Crippen LogP contribution in [-0.4, -0.2) is 11.1 Å². The van der Waals surface area contributed by atoms with Crippen LogP contribution in [0.2, 0.25) is 0 Å². The summed E-state index contributed by atoms with van der Waals surface area (Å²) >= 11 is 0. The summed E-state index contributed by atoms with van der Waals surface area (Å²) in [6.45, 7) is 0. The third kappa shape index (κ3) is 2.10. The molecule has 0 atom stereocenters. The van der Waals surface area contributed by atoms with E-state index in [9.17, 15) is 10.1 Å². The van der Waals surface area contributed by atoms with Crippen molar-refractivity contribution < 1.29 is 4.92 Å². The standard InChI is InChI=1S/C11H10N2O2/c14-13(15)10-6-4-9(5-7-10)11-3-1-2-8-12-11/h3-8H,1-2H2. The number of rotatable bonds is 2. The van der Waals surface area contributed by atoms with E-state index in [0.29, 0.717) is 0 Å². The number of nitro groups is 1. The molecular weight excluding hydrogens is 192 g/mol. The Morgan fingerprint density at radius 2 is 1.93 bits per heavy atom. The van der Waals surface area contributed by atoms with E-state index < -0.39 is 4.92 Å². The lowest BCUT2D eigenvalue weighted by Crippen LogP contribution is -1.91. The van der Waals surface area contributed by atoms with Crippen LogP contribution in [0.15, 0.2) is 35.3 Å². The third-order valence-corrected chi connectivity index (χ3v) is 2.24. The smallest absolute Gasteiger partial charge is 0.261 e. The normalized spacial score (nSPS) is 14.8. The SMILES string of the molecule is O=[N+]([O-])c1ccc(C2=CCCC=N2)cc1. The molecule has 15 heavy (non-hydrogen) atoms. The molecule has 0 radical (unpaired) electrons. The first-order chi connectivity index (χ1) is 7.27. The van der Waals surface area contributed by atoms with Crippen LogP contribution >= 0.6 is 0 Å². The minimum atomic E-state index is -0.400. The van der Waals surface area contributed by atoms with Gasteiger partial charge in [0.05, 0.1) is 10.6 Å². The Morgan fingerprint density at radius 1 is 1.20 bits per heavy atom. The van der Waals surface area contributed by atoms with Gasteiger partial charge in [0.25, 0.3) is 5.69 Å². The molecular formula is C11H10N2O2. The fourth-order valence-electron chi connectivity index (χ4n) is 1.46. The zero-order chi connectivity index (χ0) is 10.7. The van der Waals surface area contributed by atoms with E-state index in [0.717, 1.165) is 24.1 Å². The zero-order valence-corrected chi connectivity index (χ0v) is 8.09. The van der Waals surface area contributed by atoms with Gasteiger partial charge in [-0.05, 0) is 25.0 Å². The second-order valence-electron chi connectivity index (χ2n) is 3.28. The molecule has 4 heteroatoms. The first-order valence-electron chi connectivity index (χ1n) is 4.75. The number of hydrogen-bond donors (Lipinski definition) is 0. The van der Waals surface area contributed by atoms with Gasteiger partial charge in [0.1, 0.15) is 0 Å². The summed E-state index contributed by atoms with van der Waals surface area (Å²) in [5.74, 6) is 0. The van der Waals surface area contributed by atoms with Gasteiger partial charge in [-0.15, -0.1) is 0 Å². The van der Waals surface area contributed by atoms with Crippen molar-refractivity contribution >= 4 is 17.6 Å². The van der Waals surface area contributed by atoms with Gasteiger partial charge in [-0.25, -0.2) is 0 Å². The number of allylic oxidation sites excluding steroid dienone is 1. The molecule has 1 aliphatic rings. The van der Waals surface area contributed by atoms with Crippen LogP contribution < -0.4 is 0 Å². The number of aliphatic imine (C=N–C) groups is 1. The summed E-state index contributed by atoms with van der Waals surface area (Å²) in [6.07, 6.45) is 5.87. The molecule has 0 spiro atoms. The van der Waals surface area contributed by atoms with Crippen LogP contribution in [-0.2, 0) is 0 Å². The molecule has 1 aromatic carbocycles. The lowest BCUT2D eigenvalue weighted by Gasteiger charge is -2.05. The third-order valence-electron chi connectivity index (χ3n) is 2.24. The number of hydrogen-bond acceptors (Lipinski definition) is 3. The summed E-state index contributed by atoms with van der Waals surface area (Å²) in [4.78, 5) is 14.3. The maximum atomic E-state index is 10.4. The topological polar surface area (TPSA) is 55.5 Å². The van der Waals surface area contributed by atoms with Crippen molar-refractivity contribution in [2.45, 2.75) is 12.8 Å². The van der Waals surface area contributed by atoms with Crippen LogP contribution in [0.5, 0.6) is 0 Å². The molecule has 2 rings (SSSR count). The lowest BCUT2D eigenvalue weighted by molar-refractivity contribution is -0.384. The van der Waals surface area contributed by atoms with Gasteiger partial charge in [-0.1, -0.05) is 6.08 Å². The van der Waals surface area contributed by atoms with E-state index >= 15 is 0 Å². The Hall–Kier alpha value is -1.97. The first-order valence-corrected chi connectivity index (χ1v) is 4.75. The first kappa shape index (κ1) is 9.58. The Bertz CT molecular complexity index is 432. The Balaban J connectivity index is 2.27. The summed E-state index contributed by atoms with van der Waals surface area (Å²) in [6, 6.07) is 6.46. The number of nitrogens with zero attached hydrogens (tertiary/aromatic N) is 2. The minimum absolute atomic E-state index is 0.110. The Kier molecular flexibility index (Phi) is 2.58. The van der Waals surface area contributed by atoms with Crippen molar-refractivity contribution in [2.24, 2.45) is 4.99 Å². The van der Waals surface area contributed by atoms with Crippen molar-refractivity contribution in [1.29, 1.82) is 0 Å². The maximum absolute atomic E-state index is 10.4. The van der Waals surface area contributed by atoms with E-state index in [2.05, 4.69) is 4.99 Å². The average Bonchev–Trinajstić information content (AvgIpc) is 2.30. The van der Waals surface area contributed by atoms with E-state index in [4.69, 9.17) is 0 Å². The van der Waals surface area contributed by atoms with Gasteiger partial charge in [0.2, 0.25) is 0 Å². The molecule has 0 aliphatic carbocycles. The van der Waals surface area contributed by atoms with Crippen LogP contribution in [0.1, 0.15) is 18.4 Å². The van der Waals surface area contributed by atoms with Gasteiger partial charge < -0.3 is 0 Å². The molecule has 0 saturated carbocycles. The van der Waals surface area contributed by atoms with Crippen molar-refractivity contribution in [2.75, 3.05) is 0 Å². The quantitative estimate of drug-likeness (QED) is 0.547. The molecule has 0 unspecified atom stereocenters. The highest BCUT2D eigenvalue weighted by molar-refractivity contribution is 5.76. The van der Waals surface area contributed by atoms with Gasteiger partial charge in [0.15, 0.2) is 0 Å². The summed E-state index contributed by atoms with van der Waals surface area (Å²) in [5.41, 5.74) is 1.94. The van der Waals surface area contributed by atoms with Crippen LogP contribution in [0.3, 0.4) is 0 Å². The fraction of sp³-hybridized carbons (Fsp3) is 0.182. The molecule has 0 fully saturated rings. The molecule has 0 bridgehead atoms. The van der Waals surface area contributed by atoms with E-state index in [1.54, 1.807) is 12.1 Å². The average molecular weight is 202 g/mol. The van der Waals surface area contributed by atoms with Gasteiger partial charge in [-0.2, -0.15) is 0 Å². The van der Waals surface area contributed by atoms with E-state index in [1.165, 1.54) is 12.1 Å². The lowest BCUT2D eigenvalue weighted by atomic mass is 10.1. The summed E-state index contributed by atoms with van der Waals surface area (Å²) in [5, 5.41) is 10.4. The summed E-state index contributed by atoms with van der Waals surface area (Å²) in [7, 11) is 0. The second-order valence-corrected chi connectivity index (χ2v) is 3.28. The molecule has 1 heterocycles. The molecule has 1 aromatic rings. The van der Waals surface area contributed by atoms with Crippen LogP contribution in [0, 0.1) is 10.1 Å². The van der Waals surface area contributed by atoms with Gasteiger partial charge in [-0.3, -0.25) is 15.1 Å². The zero-order valence-electron chi connectivity index (χ0n) is 8.09. The molecule has 0 saturated heterocycles. The van der Waals surface area contributed by atoms with Gasteiger partial charge in [0, 0.05) is 23.9 Å². The molecule has 0 aromatic heterocycles. The molecule has 76 valence electrons. The van der Waals surface area contributed by atoms with Crippen LogP contribution in [0.4, 0.5) is 5.69 Å². The Morgan fingerprint density at radius 3 is 2.47 bits per heavy atom. The molecule has 0 amide bonds. The van der Waals surface area contributed by atoms with Crippen molar-refractivity contribution in [1.82, 2.24) is 0 Å². The van der Waals surface area contributed by atoms with Crippen molar-refractivity contribution in [3.05, 3.63) is 46.0 Å². The van der Waals surface area contributed by atoms with Crippen molar-refractivity contribution in [3.8, 4) is 0 Å². The highest BCUT2D eigenvalue weighted by atomic mass is 16.6. The molecule has 4 nitrogen and oxygen atoms in total. The van der Waals surface area contributed by atoms with Crippen LogP contribution in [0.25, 0.3) is 5.70 Å². The highest BCUT2D eigenvalue weighted by Gasteiger charge is 2.06. The maximum Gasteiger partial charge on any atom is 0.269 e. The number of non-ortho nitro benzene ring substituents is 1. The largest absolute Gasteiger partial charge is 0.269 e. The minimum Gasteiger partial charge on any atom is -0.261 e. The Labute approximate surface area is 87.1 Å². The van der Waals surface area contributed by atoms with Gasteiger partial charge >= 0.3 is 0 Å². The van der Waals surface area contributed by atoms with E-state index in [-0.39, 0.29) is 5.69 Å². The number of benzene rings is 1. The molecule has 1 aliphatic heterocycles. The predicted octanol–water partition coefficient (Wildman–Crippen LogP) is 2.80. The fourth-order valence-corrected chi connectivity index (χ4v) is 1.46. The highest BCUT2D eigenvalue weighted by Crippen LogP contribution is 2.22. The monoisotopic (exact) mass is 202 g/mol. The van der Waals surface area contributed by atoms with E-state index in [1.807, 2.05) is 12.3 Å². The summed E-state index contributed by atoms with van der Waals surface area (Å²) < 4.78 is 0.